The molecule has 0 aliphatic carbocycles. The summed E-state index contributed by atoms with van der Waals surface area (Å²) in [5, 5.41) is 2.79. The maximum absolute atomic E-state index is 13.5. The summed E-state index contributed by atoms with van der Waals surface area (Å²) < 4.78 is 33.6. The van der Waals surface area contributed by atoms with Crippen LogP contribution in [-0.2, 0) is 14.8 Å². The quantitative estimate of drug-likeness (QED) is 0.491. The van der Waals surface area contributed by atoms with Crippen molar-refractivity contribution in [1.82, 2.24) is 0 Å². The van der Waals surface area contributed by atoms with Crippen LogP contribution in [0.1, 0.15) is 36.5 Å². The molecular weight excluding hydrogens is 436 g/mol. The van der Waals surface area contributed by atoms with Crippen molar-refractivity contribution in [2.75, 3.05) is 23.3 Å². The number of hydrogen-bond donors (Lipinski definition) is 1. The van der Waals surface area contributed by atoms with Gasteiger partial charge < -0.3 is 10.1 Å². The van der Waals surface area contributed by atoms with Gasteiger partial charge in [-0.1, -0.05) is 49.7 Å². The largest absolute Gasteiger partial charge is 0.495 e. The van der Waals surface area contributed by atoms with E-state index in [1.165, 1.54) is 7.11 Å². The molecule has 0 radical (unpaired) electrons. The van der Waals surface area contributed by atoms with Gasteiger partial charge in [0.25, 0.3) is 10.0 Å². The SMILES string of the molecule is COc1ccc(C)cc1NC(=O)CN(c1ccc(C(C)C)cc1)S(=O)(=O)c1ccc(C)cc1. The standard InChI is InChI=1S/C26H30N2O4S/c1-18(2)21-9-11-22(12-10-21)28(33(30,31)23-13-6-19(3)7-14-23)17-26(29)27-24-16-20(4)8-15-25(24)32-5/h6-16,18H,17H2,1-5H3,(H,27,29). The van der Waals surface area contributed by atoms with Crippen LogP contribution in [0.5, 0.6) is 5.75 Å². The lowest BCUT2D eigenvalue weighted by atomic mass is 10.0. The number of methoxy groups -OCH3 is 1. The number of ether oxygens (including phenoxy) is 1. The van der Waals surface area contributed by atoms with Gasteiger partial charge in [0.1, 0.15) is 12.3 Å². The smallest absolute Gasteiger partial charge is 0.264 e. The van der Waals surface area contributed by atoms with Gasteiger partial charge in [-0.25, -0.2) is 8.42 Å². The molecule has 1 N–H and O–H groups in total. The van der Waals surface area contributed by atoms with Crippen LogP contribution in [0.15, 0.2) is 71.6 Å². The predicted octanol–water partition coefficient (Wildman–Crippen LogP) is 5.27. The van der Waals surface area contributed by atoms with Crippen LogP contribution in [0, 0.1) is 13.8 Å². The van der Waals surface area contributed by atoms with Crippen LogP contribution in [0.25, 0.3) is 0 Å². The number of amides is 1. The highest BCUT2D eigenvalue weighted by Gasteiger charge is 2.27. The van der Waals surface area contributed by atoms with Crippen LogP contribution in [0.2, 0.25) is 0 Å². The molecule has 33 heavy (non-hydrogen) atoms. The monoisotopic (exact) mass is 466 g/mol. The van der Waals surface area contributed by atoms with Crippen LogP contribution < -0.4 is 14.4 Å². The number of carbonyl (C=O) groups is 1. The Labute approximate surface area is 196 Å². The third kappa shape index (κ3) is 5.73. The zero-order valence-electron chi connectivity index (χ0n) is 19.6. The van der Waals surface area contributed by atoms with Gasteiger partial charge in [-0.2, -0.15) is 0 Å². The molecule has 0 saturated carbocycles. The Kier molecular flexibility index (Phi) is 7.43. The molecule has 0 saturated heterocycles. The van der Waals surface area contributed by atoms with E-state index in [9.17, 15) is 13.2 Å². The minimum Gasteiger partial charge on any atom is -0.495 e. The summed E-state index contributed by atoms with van der Waals surface area (Å²) in [6, 6.07) is 19.3. The lowest BCUT2D eigenvalue weighted by Crippen LogP contribution is -2.38. The number of benzene rings is 3. The lowest BCUT2D eigenvalue weighted by molar-refractivity contribution is -0.114. The molecule has 3 aromatic rings. The maximum Gasteiger partial charge on any atom is 0.264 e. The zero-order valence-corrected chi connectivity index (χ0v) is 20.4. The normalized spacial score (nSPS) is 11.3. The second-order valence-corrected chi connectivity index (χ2v) is 10.2. The number of nitrogens with one attached hydrogen (secondary N) is 1. The van der Waals surface area contributed by atoms with Gasteiger partial charge in [-0.05, 0) is 67.3 Å². The number of carbonyl (C=O) groups excluding carboxylic acids is 1. The van der Waals surface area contributed by atoms with Crippen LogP contribution in [0.3, 0.4) is 0 Å². The molecule has 1 amide bonds. The number of rotatable bonds is 8. The van der Waals surface area contributed by atoms with E-state index in [0.717, 1.165) is 21.0 Å². The van der Waals surface area contributed by atoms with Gasteiger partial charge in [0, 0.05) is 0 Å². The molecule has 0 aliphatic rings. The number of hydrogen-bond acceptors (Lipinski definition) is 4. The molecule has 174 valence electrons. The van der Waals surface area contributed by atoms with Crippen molar-refractivity contribution in [2.24, 2.45) is 0 Å². The summed E-state index contributed by atoms with van der Waals surface area (Å²) in [5.74, 6) is 0.337. The number of aryl methyl sites for hydroxylation is 2. The molecule has 3 aromatic carbocycles. The Morgan fingerprint density at radius 1 is 0.939 bits per heavy atom. The van der Waals surface area contributed by atoms with Crippen molar-refractivity contribution in [3.05, 3.63) is 83.4 Å². The average molecular weight is 467 g/mol. The summed E-state index contributed by atoms with van der Waals surface area (Å²) in [6.45, 7) is 7.55. The second-order valence-electron chi connectivity index (χ2n) is 8.32. The second kappa shape index (κ2) is 10.1. The molecule has 7 heteroatoms. The number of nitrogens with zero attached hydrogens (tertiary/aromatic N) is 1. The lowest BCUT2D eigenvalue weighted by Gasteiger charge is -2.25. The highest BCUT2D eigenvalue weighted by molar-refractivity contribution is 7.92. The molecule has 3 rings (SSSR count). The first kappa shape index (κ1) is 24.3. The van der Waals surface area contributed by atoms with Gasteiger partial charge in [-0.3, -0.25) is 9.10 Å². The van der Waals surface area contributed by atoms with E-state index in [1.54, 1.807) is 48.5 Å². The summed E-state index contributed by atoms with van der Waals surface area (Å²) in [5.41, 5.74) is 3.89. The summed E-state index contributed by atoms with van der Waals surface area (Å²) in [6.07, 6.45) is 0. The van der Waals surface area contributed by atoms with Gasteiger partial charge in [0.15, 0.2) is 0 Å². The molecule has 0 heterocycles. The van der Waals surface area contributed by atoms with Crippen molar-refractivity contribution in [3.8, 4) is 5.75 Å². The highest BCUT2D eigenvalue weighted by Crippen LogP contribution is 2.28. The van der Waals surface area contributed by atoms with E-state index in [0.29, 0.717) is 23.0 Å². The number of anilines is 2. The van der Waals surface area contributed by atoms with Gasteiger partial charge >= 0.3 is 0 Å². The van der Waals surface area contributed by atoms with E-state index in [2.05, 4.69) is 19.2 Å². The summed E-state index contributed by atoms with van der Waals surface area (Å²) in [4.78, 5) is 13.1. The topological polar surface area (TPSA) is 75.7 Å². The van der Waals surface area contributed by atoms with Crippen molar-refractivity contribution in [2.45, 2.75) is 38.5 Å². The van der Waals surface area contributed by atoms with Crippen LogP contribution in [-0.4, -0.2) is 28.0 Å². The first-order valence-corrected chi connectivity index (χ1v) is 12.2. The molecule has 0 atom stereocenters. The fourth-order valence-corrected chi connectivity index (χ4v) is 4.84. The van der Waals surface area contributed by atoms with Gasteiger partial charge in [0.2, 0.25) is 5.91 Å². The minimum atomic E-state index is -3.97. The van der Waals surface area contributed by atoms with E-state index in [-0.39, 0.29) is 11.4 Å². The Morgan fingerprint density at radius 3 is 2.12 bits per heavy atom. The molecule has 0 aliphatic heterocycles. The third-order valence-electron chi connectivity index (χ3n) is 5.37. The first-order chi connectivity index (χ1) is 15.6. The molecule has 0 fully saturated rings. The van der Waals surface area contributed by atoms with Crippen LogP contribution >= 0.6 is 0 Å². The Hall–Kier alpha value is -3.32. The van der Waals surface area contributed by atoms with E-state index in [4.69, 9.17) is 4.74 Å². The van der Waals surface area contributed by atoms with Crippen molar-refractivity contribution in [3.63, 3.8) is 0 Å². The van der Waals surface area contributed by atoms with E-state index >= 15 is 0 Å². The van der Waals surface area contributed by atoms with Crippen LogP contribution in [0.4, 0.5) is 11.4 Å². The Morgan fingerprint density at radius 2 is 1.55 bits per heavy atom. The summed E-state index contributed by atoms with van der Waals surface area (Å²) >= 11 is 0. The predicted molar refractivity (Wildman–Crippen MR) is 133 cm³/mol. The zero-order chi connectivity index (χ0) is 24.2. The molecule has 0 spiro atoms. The molecular formula is C26H30N2O4S. The number of sulfonamides is 1. The molecule has 0 aromatic heterocycles. The maximum atomic E-state index is 13.5. The van der Waals surface area contributed by atoms with Crippen molar-refractivity contribution >= 4 is 27.3 Å². The summed E-state index contributed by atoms with van der Waals surface area (Å²) in [7, 11) is -2.46. The van der Waals surface area contributed by atoms with Crippen molar-refractivity contribution < 1.29 is 17.9 Å². The minimum absolute atomic E-state index is 0.127. The van der Waals surface area contributed by atoms with E-state index < -0.39 is 15.9 Å². The average Bonchev–Trinajstić information content (AvgIpc) is 2.78. The Balaban J connectivity index is 1.97. The Bertz CT molecular complexity index is 1220. The van der Waals surface area contributed by atoms with Gasteiger partial charge in [0.05, 0.1) is 23.4 Å². The van der Waals surface area contributed by atoms with Gasteiger partial charge in [-0.15, -0.1) is 0 Å². The molecule has 6 nitrogen and oxygen atoms in total. The van der Waals surface area contributed by atoms with E-state index in [1.807, 2.05) is 32.0 Å². The highest BCUT2D eigenvalue weighted by atomic mass is 32.2. The molecule has 0 unspecified atom stereocenters. The fraction of sp³-hybridized carbons (Fsp3) is 0.269. The fourth-order valence-electron chi connectivity index (χ4n) is 3.42. The molecule has 0 bridgehead atoms. The first-order valence-electron chi connectivity index (χ1n) is 10.8. The third-order valence-corrected chi connectivity index (χ3v) is 7.16. The van der Waals surface area contributed by atoms with Crippen molar-refractivity contribution in [1.29, 1.82) is 0 Å².